The third-order valence-corrected chi connectivity index (χ3v) is 11.4. The normalized spacial score (nSPS) is 12.8. The first-order valence-electron chi connectivity index (χ1n) is 25.4. The van der Waals surface area contributed by atoms with E-state index in [1.165, 1.54) is 180 Å². The monoisotopic (exact) mass is 845 g/mol. The van der Waals surface area contributed by atoms with Crippen molar-refractivity contribution in [3.63, 3.8) is 0 Å². The Kier molecular flexibility index (Phi) is 51.8. The van der Waals surface area contributed by atoms with E-state index < -0.39 is 18.2 Å². The summed E-state index contributed by atoms with van der Waals surface area (Å²) in [5.41, 5.74) is 0. The summed E-state index contributed by atoms with van der Waals surface area (Å²) >= 11 is 0. The zero-order valence-corrected chi connectivity index (χ0v) is 39.0. The first-order valence-corrected chi connectivity index (χ1v) is 25.4. The molecule has 9 heteroatoms. The molecule has 0 saturated carbocycles. The van der Waals surface area contributed by atoms with Crippen molar-refractivity contribution in [1.82, 2.24) is 0 Å². The molecule has 0 heterocycles. The summed E-state index contributed by atoms with van der Waals surface area (Å²) in [5.74, 6) is -0.995. The molecule has 0 rings (SSSR count). The first-order chi connectivity index (χ1) is 28.8. The molecule has 0 bridgehead atoms. The molecular weight excluding hydrogens is 745 g/mol. The number of hydrogen-bond donors (Lipinski definition) is 5. The minimum Gasteiger partial charge on any atom is -0.481 e. The fourth-order valence-corrected chi connectivity index (χ4v) is 7.49. The second kappa shape index (κ2) is 51.1. The number of aliphatic hydroxyl groups is 4. The van der Waals surface area contributed by atoms with Gasteiger partial charge < -0.3 is 35.0 Å². The minimum absolute atomic E-state index is 0.103. The van der Waals surface area contributed by atoms with E-state index in [4.69, 9.17) is 29.9 Å². The van der Waals surface area contributed by atoms with Gasteiger partial charge in [0.05, 0.1) is 25.9 Å². The van der Waals surface area contributed by atoms with Crippen LogP contribution in [0.15, 0.2) is 0 Å². The van der Waals surface area contributed by atoms with Gasteiger partial charge in [-0.3, -0.25) is 9.59 Å². The van der Waals surface area contributed by atoms with Gasteiger partial charge in [-0.2, -0.15) is 0 Å². The molecule has 9 nitrogen and oxygen atoms in total. The van der Waals surface area contributed by atoms with E-state index in [1.807, 2.05) is 0 Å². The Morgan fingerprint density at radius 2 is 0.695 bits per heavy atom. The molecule has 0 amide bonds. The van der Waals surface area contributed by atoms with Crippen LogP contribution in [0, 0.1) is 0 Å². The zero-order chi connectivity index (χ0) is 43.7. The lowest BCUT2D eigenvalue weighted by Crippen LogP contribution is -2.24. The summed E-state index contributed by atoms with van der Waals surface area (Å²) < 4.78 is 10.7. The van der Waals surface area contributed by atoms with Crippen molar-refractivity contribution in [2.24, 2.45) is 0 Å². The SMILES string of the molecule is CCCCCCCCCCCCCCC(CCCCCCC(=O)O)OCC(O)CO.CCCCCCCCCCCCCCCCCCCCCC(=O)OCC(O)CO. The second-order valence-corrected chi connectivity index (χ2v) is 17.4. The molecule has 5 N–H and O–H groups in total. The van der Waals surface area contributed by atoms with Crippen LogP contribution in [0.3, 0.4) is 0 Å². The van der Waals surface area contributed by atoms with Gasteiger partial charge in [0.15, 0.2) is 0 Å². The standard InChI is InChI=1S/C25H50O5.C25H50O4/c1-2-3-4-5-6-7-8-9-10-11-12-15-18-24(30-22-23(27)21-26)19-16-13-14-17-20-25(28)29;1-2-3-4-5-6-7-8-9-10-11-12-13-14-15-16-17-18-19-20-21-25(28)29-23-24(27)22-26/h23-24,26-27H,2-22H2,1H3,(H,28,29);24,26-27H,2-23H2,1H3. The highest BCUT2D eigenvalue weighted by Crippen LogP contribution is 2.19. The summed E-state index contributed by atoms with van der Waals surface area (Å²) in [5, 5.41) is 45.0. The highest BCUT2D eigenvalue weighted by atomic mass is 16.5. The van der Waals surface area contributed by atoms with Crippen molar-refractivity contribution in [3.8, 4) is 0 Å². The summed E-state index contributed by atoms with van der Waals surface area (Å²) in [7, 11) is 0. The van der Waals surface area contributed by atoms with E-state index in [9.17, 15) is 14.7 Å². The fraction of sp³-hybridized carbons (Fsp3) is 0.960. The van der Waals surface area contributed by atoms with Crippen LogP contribution >= 0.6 is 0 Å². The van der Waals surface area contributed by atoms with Crippen molar-refractivity contribution in [2.45, 2.75) is 283 Å². The summed E-state index contributed by atoms with van der Waals surface area (Å²) in [4.78, 5) is 22.0. The molecule has 0 spiro atoms. The van der Waals surface area contributed by atoms with Gasteiger partial charge in [0.2, 0.25) is 0 Å². The molecule has 0 aliphatic carbocycles. The van der Waals surface area contributed by atoms with E-state index in [1.54, 1.807) is 0 Å². The highest BCUT2D eigenvalue weighted by Gasteiger charge is 2.12. The minimum atomic E-state index is -0.955. The molecule has 0 aromatic heterocycles. The van der Waals surface area contributed by atoms with Crippen molar-refractivity contribution in [3.05, 3.63) is 0 Å². The molecule has 0 fully saturated rings. The Labute approximate surface area is 364 Å². The fourth-order valence-electron chi connectivity index (χ4n) is 7.49. The lowest BCUT2D eigenvalue weighted by atomic mass is 10.0. The average molecular weight is 845 g/mol. The molecule has 3 unspecified atom stereocenters. The van der Waals surface area contributed by atoms with Gasteiger partial charge in [-0.15, -0.1) is 0 Å². The number of hydrogen-bond acceptors (Lipinski definition) is 8. The number of carboxylic acids is 1. The maximum atomic E-state index is 11.4. The van der Waals surface area contributed by atoms with Crippen LogP contribution in [0.2, 0.25) is 0 Å². The van der Waals surface area contributed by atoms with Crippen LogP contribution in [0.5, 0.6) is 0 Å². The number of aliphatic carboxylic acids is 1. The lowest BCUT2D eigenvalue weighted by molar-refractivity contribution is -0.147. The van der Waals surface area contributed by atoms with Gasteiger partial charge in [-0.25, -0.2) is 0 Å². The predicted octanol–water partition coefficient (Wildman–Crippen LogP) is 12.9. The third-order valence-electron chi connectivity index (χ3n) is 11.4. The van der Waals surface area contributed by atoms with E-state index in [2.05, 4.69) is 13.8 Å². The molecular formula is C50H100O9. The Morgan fingerprint density at radius 3 is 1.02 bits per heavy atom. The number of unbranched alkanes of at least 4 members (excludes halogenated alkanes) is 32. The number of carbonyl (C=O) groups excluding carboxylic acids is 1. The van der Waals surface area contributed by atoms with E-state index >= 15 is 0 Å². The number of carbonyl (C=O) groups is 2. The highest BCUT2D eigenvalue weighted by molar-refractivity contribution is 5.69. The molecule has 59 heavy (non-hydrogen) atoms. The van der Waals surface area contributed by atoms with Crippen molar-refractivity contribution in [2.75, 3.05) is 26.4 Å². The Bertz CT molecular complexity index is 826. The molecule has 0 aromatic carbocycles. The number of esters is 1. The molecule has 0 aromatic rings. The maximum absolute atomic E-state index is 11.4. The van der Waals surface area contributed by atoms with Gasteiger partial charge >= 0.3 is 11.9 Å². The summed E-state index contributed by atoms with van der Waals surface area (Å²) in [6.07, 6.45) is 46.2. The second-order valence-electron chi connectivity index (χ2n) is 17.4. The van der Waals surface area contributed by atoms with Crippen LogP contribution < -0.4 is 0 Å². The smallest absolute Gasteiger partial charge is 0.305 e. The molecule has 0 aliphatic rings. The Balaban J connectivity index is 0. The van der Waals surface area contributed by atoms with Crippen LogP contribution in [0.1, 0.15) is 264 Å². The quantitative estimate of drug-likeness (QED) is 0.0297. The number of ether oxygens (including phenoxy) is 2. The number of aliphatic hydroxyl groups excluding tert-OH is 4. The predicted molar refractivity (Wildman–Crippen MR) is 246 cm³/mol. The van der Waals surface area contributed by atoms with Crippen LogP contribution in [0.25, 0.3) is 0 Å². The lowest BCUT2D eigenvalue weighted by Gasteiger charge is -2.19. The third kappa shape index (κ3) is 52.8. The Hall–Kier alpha value is -1.26. The zero-order valence-electron chi connectivity index (χ0n) is 39.0. The molecule has 0 aliphatic heterocycles. The maximum Gasteiger partial charge on any atom is 0.305 e. The van der Waals surface area contributed by atoms with Crippen molar-refractivity contribution in [1.29, 1.82) is 0 Å². The van der Waals surface area contributed by atoms with Gasteiger partial charge in [0.1, 0.15) is 18.8 Å². The Morgan fingerprint density at radius 1 is 0.407 bits per heavy atom. The van der Waals surface area contributed by atoms with Gasteiger partial charge in [-0.1, -0.05) is 226 Å². The average Bonchev–Trinajstić information content (AvgIpc) is 3.23. The van der Waals surface area contributed by atoms with E-state index in [0.29, 0.717) is 6.42 Å². The van der Waals surface area contributed by atoms with Crippen LogP contribution in [0.4, 0.5) is 0 Å². The number of rotatable bonds is 47. The van der Waals surface area contributed by atoms with E-state index in [-0.39, 0.29) is 44.9 Å². The summed E-state index contributed by atoms with van der Waals surface area (Å²) in [6.45, 7) is 4.00. The van der Waals surface area contributed by atoms with E-state index in [0.717, 1.165) is 57.8 Å². The van der Waals surface area contributed by atoms with Gasteiger partial charge in [0, 0.05) is 12.8 Å². The molecule has 354 valence electrons. The van der Waals surface area contributed by atoms with Crippen molar-refractivity contribution < 1.29 is 44.6 Å². The molecule has 3 atom stereocenters. The summed E-state index contributed by atoms with van der Waals surface area (Å²) in [6, 6.07) is 0. The van der Waals surface area contributed by atoms with Gasteiger partial charge in [-0.05, 0) is 25.7 Å². The topological polar surface area (TPSA) is 154 Å². The van der Waals surface area contributed by atoms with Gasteiger partial charge in [0.25, 0.3) is 0 Å². The van der Waals surface area contributed by atoms with Crippen LogP contribution in [-0.2, 0) is 19.1 Å². The van der Waals surface area contributed by atoms with Crippen molar-refractivity contribution >= 4 is 11.9 Å². The molecule has 0 radical (unpaired) electrons. The largest absolute Gasteiger partial charge is 0.481 e. The first kappa shape index (κ1) is 59.8. The molecule has 0 saturated heterocycles. The number of carboxylic acid groups (broad SMARTS) is 1. The van der Waals surface area contributed by atoms with Crippen LogP contribution in [-0.4, -0.2) is 82.2 Å².